The summed E-state index contributed by atoms with van der Waals surface area (Å²) >= 11 is 0. The molecule has 4 nitrogen and oxygen atoms in total. The Morgan fingerprint density at radius 1 is 1.04 bits per heavy atom. The average molecular weight is 390 g/mol. The summed E-state index contributed by atoms with van der Waals surface area (Å²) in [4.78, 5) is 15.0. The molecule has 1 aromatic carbocycles. The van der Waals surface area contributed by atoms with Crippen LogP contribution < -0.4 is 0 Å². The molecule has 5 heteroatoms. The van der Waals surface area contributed by atoms with E-state index in [0.717, 1.165) is 71.1 Å². The minimum absolute atomic E-state index is 0.157. The second-order valence-electron chi connectivity index (χ2n) is 8.59. The summed E-state index contributed by atoms with van der Waals surface area (Å²) < 4.78 is 24.8. The molecule has 4 rings (SSSR count). The Kier molecular flexibility index (Phi) is 6.63. The largest absolute Gasteiger partial charge is 0.376 e. The van der Waals surface area contributed by atoms with Crippen LogP contribution in [0.15, 0.2) is 24.3 Å². The van der Waals surface area contributed by atoms with E-state index in [-0.39, 0.29) is 23.9 Å². The molecular weight excluding hydrogens is 357 g/mol. The van der Waals surface area contributed by atoms with Crippen molar-refractivity contribution in [2.24, 2.45) is 5.92 Å². The molecule has 1 amide bonds. The molecule has 154 valence electrons. The maximum atomic E-state index is 13.1. The van der Waals surface area contributed by atoms with Crippen LogP contribution in [0.3, 0.4) is 0 Å². The predicted molar refractivity (Wildman–Crippen MR) is 106 cm³/mol. The van der Waals surface area contributed by atoms with Crippen LogP contribution in [0.2, 0.25) is 0 Å². The Morgan fingerprint density at radius 2 is 1.75 bits per heavy atom. The van der Waals surface area contributed by atoms with Gasteiger partial charge in [-0.25, -0.2) is 4.39 Å². The van der Waals surface area contributed by atoms with Crippen molar-refractivity contribution in [3.63, 3.8) is 0 Å². The van der Waals surface area contributed by atoms with Crippen molar-refractivity contribution in [2.45, 2.75) is 69.5 Å². The van der Waals surface area contributed by atoms with Crippen molar-refractivity contribution in [2.75, 3.05) is 26.3 Å². The summed E-state index contributed by atoms with van der Waals surface area (Å²) in [6.45, 7) is 3.21. The number of nitrogens with zero attached hydrogens (tertiary/aromatic N) is 1. The van der Waals surface area contributed by atoms with Gasteiger partial charge in [0.15, 0.2) is 0 Å². The number of likely N-dealkylation sites (tertiary alicyclic amines) is 1. The molecule has 0 N–H and O–H groups in total. The first-order valence-corrected chi connectivity index (χ1v) is 11.0. The summed E-state index contributed by atoms with van der Waals surface area (Å²) in [6, 6.07) is 6.84. The number of benzene rings is 1. The van der Waals surface area contributed by atoms with E-state index in [1.165, 1.54) is 17.7 Å². The van der Waals surface area contributed by atoms with E-state index in [1.54, 1.807) is 0 Å². The summed E-state index contributed by atoms with van der Waals surface area (Å²) in [5, 5.41) is 0. The van der Waals surface area contributed by atoms with Gasteiger partial charge in [0.2, 0.25) is 5.91 Å². The number of amides is 1. The Labute approximate surface area is 167 Å². The van der Waals surface area contributed by atoms with Crippen LogP contribution in [0.1, 0.15) is 62.8 Å². The zero-order valence-electron chi connectivity index (χ0n) is 16.7. The second-order valence-corrected chi connectivity index (χ2v) is 8.59. The van der Waals surface area contributed by atoms with Crippen LogP contribution in [0.4, 0.5) is 4.39 Å². The molecule has 3 aliphatic rings. The molecule has 3 fully saturated rings. The molecule has 28 heavy (non-hydrogen) atoms. The minimum Gasteiger partial charge on any atom is -0.376 e. The van der Waals surface area contributed by atoms with Gasteiger partial charge < -0.3 is 14.4 Å². The van der Waals surface area contributed by atoms with Crippen molar-refractivity contribution in [1.29, 1.82) is 0 Å². The predicted octanol–water partition coefficient (Wildman–Crippen LogP) is 4.29. The highest BCUT2D eigenvalue weighted by Crippen LogP contribution is 2.32. The topological polar surface area (TPSA) is 38.8 Å². The number of carbonyl (C=O) groups excluding carboxylic acids is 1. The van der Waals surface area contributed by atoms with E-state index in [2.05, 4.69) is 4.90 Å². The number of carbonyl (C=O) groups is 1. The molecule has 2 heterocycles. The smallest absolute Gasteiger partial charge is 0.225 e. The van der Waals surface area contributed by atoms with E-state index in [0.29, 0.717) is 18.4 Å². The van der Waals surface area contributed by atoms with E-state index < -0.39 is 0 Å². The highest BCUT2D eigenvalue weighted by Gasteiger charge is 2.32. The lowest BCUT2D eigenvalue weighted by Gasteiger charge is -2.36. The number of halogens is 1. The van der Waals surface area contributed by atoms with Crippen LogP contribution >= 0.6 is 0 Å². The molecule has 0 aromatic heterocycles. The molecule has 2 saturated heterocycles. The summed E-state index contributed by atoms with van der Waals surface area (Å²) in [5.74, 6) is 0.735. The standard InChI is InChI=1S/C23H32FNO3/c24-20-7-3-17(4-8-20)18-11-13-25(14-12-18)23(26)19-5-9-21(10-6-19)28-16-22-2-1-15-27-22/h3-4,7-8,18-19,21-22H,1-2,5-6,9-16H2. The summed E-state index contributed by atoms with van der Waals surface area (Å²) in [5.41, 5.74) is 1.19. The van der Waals surface area contributed by atoms with Gasteiger partial charge in [-0.05, 0) is 75.0 Å². The Bertz CT molecular complexity index is 628. The van der Waals surface area contributed by atoms with Gasteiger partial charge in [0.1, 0.15) is 5.82 Å². The van der Waals surface area contributed by atoms with E-state index >= 15 is 0 Å². The van der Waals surface area contributed by atoms with Gasteiger partial charge in [-0.1, -0.05) is 12.1 Å². The van der Waals surface area contributed by atoms with Crippen molar-refractivity contribution in [3.8, 4) is 0 Å². The number of ether oxygens (including phenoxy) is 2. The van der Waals surface area contributed by atoms with Gasteiger partial charge in [0.05, 0.1) is 18.8 Å². The van der Waals surface area contributed by atoms with E-state index in [9.17, 15) is 9.18 Å². The van der Waals surface area contributed by atoms with Gasteiger partial charge in [0, 0.05) is 25.6 Å². The Hall–Kier alpha value is -1.46. The first-order valence-electron chi connectivity index (χ1n) is 11.0. The number of hydrogen-bond acceptors (Lipinski definition) is 3. The van der Waals surface area contributed by atoms with Crippen molar-refractivity contribution < 1.29 is 18.7 Å². The van der Waals surface area contributed by atoms with Gasteiger partial charge in [0.25, 0.3) is 0 Å². The fourth-order valence-corrected chi connectivity index (χ4v) is 4.92. The fourth-order valence-electron chi connectivity index (χ4n) is 4.92. The lowest BCUT2D eigenvalue weighted by atomic mass is 9.84. The summed E-state index contributed by atoms with van der Waals surface area (Å²) in [7, 11) is 0. The number of piperidine rings is 1. The lowest BCUT2D eigenvalue weighted by Crippen LogP contribution is -2.42. The molecule has 1 unspecified atom stereocenters. The SMILES string of the molecule is O=C(C1CCC(OCC2CCCO2)CC1)N1CCC(c2ccc(F)cc2)CC1. The highest BCUT2D eigenvalue weighted by molar-refractivity contribution is 5.79. The third-order valence-electron chi connectivity index (χ3n) is 6.71. The van der Waals surface area contributed by atoms with Gasteiger partial charge in [-0.3, -0.25) is 4.79 Å². The number of rotatable bonds is 5. The quantitative estimate of drug-likeness (QED) is 0.754. The first kappa shape index (κ1) is 19.8. The molecule has 1 atom stereocenters. The average Bonchev–Trinajstić information content (AvgIpc) is 3.27. The van der Waals surface area contributed by atoms with Crippen molar-refractivity contribution in [1.82, 2.24) is 4.90 Å². The fraction of sp³-hybridized carbons (Fsp3) is 0.696. The molecule has 0 spiro atoms. The van der Waals surface area contributed by atoms with E-state index in [1.807, 2.05) is 12.1 Å². The van der Waals surface area contributed by atoms with Gasteiger partial charge in [-0.15, -0.1) is 0 Å². The molecule has 1 aliphatic carbocycles. The summed E-state index contributed by atoms with van der Waals surface area (Å²) in [6.07, 6.45) is 8.60. The zero-order chi connectivity index (χ0) is 19.3. The minimum atomic E-state index is -0.188. The second kappa shape index (κ2) is 9.36. The van der Waals surface area contributed by atoms with Crippen LogP contribution in [0.25, 0.3) is 0 Å². The third-order valence-corrected chi connectivity index (χ3v) is 6.71. The monoisotopic (exact) mass is 389 g/mol. The Morgan fingerprint density at radius 3 is 2.39 bits per heavy atom. The van der Waals surface area contributed by atoms with Crippen molar-refractivity contribution in [3.05, 3.63) is 35.6 Å². The molecule has 0 bridgehead atoms. The Balaban J connectivity index is 1.19. The van der Waals surface area contributed by atoms with Gasteiger partial charge >= 0.3 is 0 Å². The highest BCUT2D eigenvalue weighted by atomic mass is 19.1. The molecular formula is C23H32FNO3. The zero-order valence-corrected chi connectivity index (χ0v) is 16.7. The third kappa shape index (κ3) is 4.93. The molecule has 0 radical (unpaired) electrons. The van der Waals surface area contributed by atoms with E-state index in [4.69, 9.17) is 9.47 Å². The normalized spacial score (nSPS) is 29.2. The molecule has 2 aliphatic heterocycles. The maximum Gasteiger partial charge on any atom is 0.225 e. The molecule has 1 saturated carbocycles. The van der Waals surface area contributed by atoms with Crippen molar-refractivity contribution >= 4 is 5.91 Å². The van der Waals surface area contributed by atoms with Crippen LogP contribution in [-0.4, -0.2) is 49.3 Å². The number of hydrogen-bond donors (Lipinski definition) is 0. The lowest BCUT2D eigenvalue weighted by molar-refractivity contribution is -0.139. The van der Waals surface area contributed by atoms with Crippen LogP contribution in [-0.2, 0) is 14.3 Å². The first-order chi connectivity index (χ1) is 13.7. The van der Waals surface area contributed by atoms with Crippen LogP contribution in [0.5, 0.6) is 0 Å². The van der Waals surface area contributed by atoms with Crippen LogP contribution in [0, 0.1) is 11.7 Å². The molecule has 1 aromatic rings. The van der Waals surface area contributed by atoms with Gasteiger partial charge in [-0.2, -0.15) is 0 Å². The maximum absolute atomic E-state index is 13.1.